The SMILES string of the molecule is Cc1nccc(C(=O)NC2CCS(=O)(=O)C2)c1C. The molecule has 1 amide bonds. The zero-order valence-electron chi connectivity index (χ0n) is 10.4. The van der Waals surface area contributed by atoms with E-state index in [1.807, 2.05) is 13.8 Å². The first-order chi connectivity index (χ1) is 8.39. The highest BCUT2D eigenvalue weighted by molar-refractivity contribution is 7.91. The van der Waals surface area contributed by atoms with Crippen molar-refractivity contribution in [3.8, 4) is 0 Å². The lowest BCUT2D eigenvalue weighted by atomic mass is 10.1. The molecule has 0 saturated carbocycles. The number of hydrogen-bond donors (Lipinski definition) is 1. The first-order valence-electron chi connectivity index (χ1n) is 5.82. The Morgan fingerprint density at radius 3 is 2.78 bits per heavy atom. The molecule has 98 valence electrons. The van der Waals surface area contributed by atoms with E-state index in [0.29, 0.717) is 12.0 Å². The highest BCUT2D eigenvalue weighted by Gasteiger charge is 2.29. The molecule has 0 spiro atoms. The first-order valence-corrected chi connectivity index (χ1v) is 7.65. The molecule has 1 aromatic rings. The van der Waals surface area contributed by atoms with E-state index in [9.17, 15) is 13.2 Å². The molecule has 0 bridgehead atoms. The lowest BCUT2D eigenvalue weighted by Crippen LogP contribution is -2.36. The van der Waals surface area contributed by atoms with Crippen molar-refractivity contribution in [1.29, 1.82) is 0 Å². The minimum Gasteiger partial charge on any atom is -0.348 e. The molecule has 1 atom stereocenters. The fourth-order valence-corrected chi connectivity index (χ4v) is 3.73. The predicted molar refractivity (Wildman–Crippen MR) is 68.2 cm³/mol. The Balaban J connectivity index is 2.11. The van der Waals surface area contributed by atoms with Crippen LogP contribution in [0.5, 0.6) is 0 Å². The van der Waals surface area contributed by atoms with Gasteiger partial charge in [0.2, 0.25) is 0 Å². The molecule has 0 aromatic carbocycles. The second-order valence-corrected chi connectivity index (χ2v) is 6.87. The van der Waals surface area contributed by atoms with Crippen LogP contribution in [0.15, 0.2) is 12.3 Å². The summed E-state index contributed by atoms with van der Waals surface area (Å²) in [6.07, 6.45) is 2.08. The van der Waals surface area contributed by atoms with Crippen molar-refractivity contribution >= 4 is 15.7 Å². The molecule has 1 N–H and O–H groups in total. The third-order valence-electron chi connectivity index (χ3n) is 3.27. The van der Waals surface area contributed by atoms with Gasteiger partial charge in [-0.25, -0.2) is 8.42 Å². The fraction of sp³-hybridized carbons (Fsp3) is 0.500. The number of hydrogen-bond acceptors (Lipinski definition) is 4. The van der Waals surface area contributed by atoms with Crippen LogP contribution in [0.3, 0.4) is 0 Å². The summed E-state index contributed by atoms with van der Waals surface area (Å²) in [5.74, 6) is -0.0196. The van der Waals surface area contributed by atoms with E-state index in [2.05, 4.69) is 10.3 Å². The number of aromatic nitrogens is 1. The average Bonchev–Trinajstić information content (AvgIpc) is 2.62. The Morgan fingerprint density at radius 1 is 1.44 bits per heavy atom. The lowest BCUT2D eigenvalue weighted by molar-refractivity contribution is 0.0940. The molecule has 1 aliphatic heterocycles. The smallest absolute Gasteiger partial charge is 0.251 e. The van der Waals surface area contributed by atoms with Gasteiger partial charge in [-0.15, -0.1) is 0 Å². The van der Waals surface area contributed by atoms with E-state index >= 15 is 0 Å². The van der Waals surface area contributed by atoms with Gasteiger partial charge < -0.3 is 5.32 Å². The molecule has 1 unspecified atom stereocenters. The molecule has 2 rings (SSSR count). The number of amides is 1. The highest BCUT2D eigenvalue weighted by atomic mass is 32.2. The van der Waals surface area contributed by atoms with Gasteiger partial charge in [-0.05, 0) is 31.9 Å². The maximum Gasteiger partial charge on any atom is 0.251 e. The number of pyridine rings is 1. The maximum atomic E-state index is 12.1. The van der Waals surface area contributed by atoms with Crippen molar-refractivity contribution in [3.05, 3.63) is 29.1 Å². The maximum absolute atomic E-state index is 12.1. The van der Waals surface area contributed by atoms with Crippen LogP contribution in [0.1, 0.15) is 28.0 Å². The normalized spacial score (nSPS) is 21.8. The molecule has 6 heteroatoms. The molecule has 1 saturated heterocycles. The molecular weight excluding hydrogens is 252 g/mol. The third kappa shape index (κ3) is 2.69. The van der Waals surface area contributed by atoms with E-state index in [4.69, 9.17) is 0 Å². The van der Waals surface area contributed by atoms with Gasteiger partial charge in [0.25, 0.3) is 5.91 Å². The Hall–Kier alpha value is -1.43. The van der Waals surface area contributed by atoms with E-state index in [-0.39, 0.29) is 23.5 Å². The van der Waals surface area contributed by atoms with Crippen LogP contribution in [-0.2, 0) is 9.84 Å². The van der Waals surface area contributed by atoms with Crippen LogP contribution in [0.25, 0.3) is 0 Å². The van der Waals surface area contributed by atoms with E-state index in [1.54, 1.807) is 12.3 Å². The summed E-state index contributed by atoms with van der Waals surface area (Å²) in [6, 6.07) is 1.39. The van der Waals surface area contributed by atoms with Crippen LogP contribution >= 0.6 is 0 Å². The molecular formula is C12H16N2O3S. The lowest BCUT2D eigenvalue weighted by Gasteiger charge is -2.12. The summed E-state index contributed by atoms with van der Waals surface area (Å²) >= 11 is 0. The Labute approximate surface area is 107 Å². The number of sulfone groups is 1. The summed E-state index contributed by atoms with van der Waals surface area (Å²) in [5.41, 5.74) is 2.20. The highest BCUT2D eigenvalue weighted by Crippen LogP contribution is 2.14. The van der Waals surface area contributed by atoms with Gasteiger partial charge in [-0.1, -0.05) is 0 Å². The Kier molecular flexibility index (Phi) is 3.38. The molecule has 1 aromatic heterocycles. The molecule has 5 nitrogen and oxygen atoms in total. The quantitative estimate of drug-likeness (QED) is 0.853. The predicted octanol–water partition coefficient (Wildman–Crippen LogP) is 0.615. The summed E-state index contributed by atoms with van der Waals surface area (Å²) in [4.78, 5) is 16.2. The van der Waals surface area contributed by atoms with Gasteiger partial charge in [0.15, 0.2) is 9.84 Å². The van der Waals surface area contributed by atoms with Crippen molar-refractivity contribution < 1.29 is 13.2 Å². The average molecular weight is 268 g/mol. The second kappa shape index (κ2) is 4.68. The minimum atomic E-state index is -2.97. The number of carbonyl (C=O) groups excluding carboxylic acids is 1. The van der Waals surface area contributed by atoms with Crippen LogP contribution in [0, 0.1) is 13.8 Å². The zero-order valence-corrected chi connectivity index (χ0v) is 11.3. The van der Waals surface area contributed by atoms with Crippen molar-refractivity contribution in [2.24, 2.45) is 0 Å². The minimum absolute atomic E-state index is 0.0435. The van der Waals surface area contributed by atoms with E-state index < -0.39 is 9.84 Å². The third-order valence-corrected chi connectivity index (χ3v) is 5.04. The van der Waals surface area contributed by atoms with Crippen molar-refractivity contribution in [1.82, 2.24) is 10.3 Å². The van der Waals surface area contributed by atoms with Gasteiger partial charge in [-0.3, -0.25) is 9.78 Å². The van der Waals surface area contributed by atoms with Gasteiger partial charge in [0.05, 0.1) is 11.5 Å². The molecule has 18 heavy (non-hydrogen) atoms. The summed E-state index contributed by atoms with van der Waals surface area (Å²) in [5, 5.41) is 2.77. The largest absolute Gasteiger partial charge is 0.348 e. The second-order valence-electron chi connectivity index (χ2n) is 4.64. The van der Waals surface area contributed by atoms with Crippen LogP contribution in [-0.4, -0.2) is 36.9 Å². The number of carbonyl (C=O) groups is 1. The first kappa shape index (κ1) is 13.0. The number of nitrogens with one attached hydrogen (secondary N) is 1. The molecule has 1 fully saturated rings. The number of aryl methyl sites for hydroxylation is 1. The number of rotatable bonds is 2. The Morgan fingerprint density at radius 2 is 2.17 bits per heavy atom. The zero-order chi connectivity index (χ0) is 13.3. The molecule has 0 radical (unpaired) electrons. The van der Waals surface area contributed by atoms with Gasteiger partial charge in [-0.2, -0.15) is 0 Å². The van der Waals surface area contributed by atoms with E-state index in [1.165, 1.54) is 0 Å². The standard InChI is InChI=1S/C12H16N2O3S/c1-8-9(2)13-5-3-11(8)12(15)14-10-4-6-18(16,17)7-10/h3,5,10H,4,6-7H2,1-2H3,(H,14,15). The summed E-state index contributed by atoms with van der Waals surface area (Å²) < 4.78 is 22.6. The molecule has 2 heterocycles. The molecule has 0 aliphatic carbocycles. The van der Waals surface area contributed by atoms with Crippen molar-refractivity contribution in [3.63, 3.8) is 0 Å². The van der Waals surface area contributed by atoms with Crippen LogP contribution in [0.2, 0.25) is 0 Å². The summed E-state index contributed by atoms with van der Waals surface area (Å²) in [6.45, 7) is 3.68. The molecule has 1 aliphatic rings. The summed E-state index contributed by atoms with van der Waals surface area (Å²) in [7, 11) is -2.97. The van der Waals surface area contributed by atoms with Crippen molar-refractivity contribution in [2.45, 2.75) is 26.3 Å². The van der Waals surface area contributed by atoms with Gasteiger partial charge in [0, 0.05) is 23.5 Å². The van der Waals surface area contributed by atoms with E-state index in [0.717, 1.165) is 11.3 Å². The fourth-order valence-electron chi connectivity index (χ4n) is 2.06. The van der Waals surface area contributed by atoms with Gasteiger partial charge in [0.1, 0.15) is 0 Å². The topological polar surface area (TPSA) is 76.1 Å². The van der Waals surface area contributed by atoms with Gasteiger partial charge >= 0.3 is 0 Å². The monoisotopic (exact) mass is 268 g/mol. The number of nitrogens with zero attached hydrogens (tertiary/aromatic N) is 1. The van der Waals surface area contributed by atoms with Crippen LogP contribution < -0.4 is 5.32 Å². The van der Waals surface area contributed by atoms with Crippen LogP contribution in [0.4, 0.5) is 0 Å². The Bertz CT molecular complexity index is 581. The van der Waals surface area contributed by atoms with Crippen molar-refractivity contribution in [2.75, 3.05) is 11.5 Å².